The van der Waals surface area contributed by atoms with Gasteiger partial charge in [0, 0.05) is 24.1 Å². The molecule has 208 valence electrons. The van der Waals surface area contributed by atoms with Gasteiger partial charge in [0.15, 0.2) is 9.94 Å². The first-order valence-corrected chi connectivity index (χ1v) is 14.7. The van der Waals surface area contributed by atoms with Crippen LogP contribution in [-0.2, 0) is 20.9 Å². The highest BCUT2D eigenvalue weighted by Crippen LogP contribution is 2.31. The summed E-state index contributed by atoms with van der Waals surface area (Å²) in [6.07, 6.45) is 2.05. The number of nitrogens with one attached hydrogen (secondary N) is 1. The van der Waals surface area contributed by atoms with Crippen LogP contribution in [0.5, 0.6) is 0 Å². The van der Waals surface area contributed by atoms with E-state index >= 15 is 0 Å². The van der Waals surface area contributed by atoms with Gasteiger partial charge in [0.05, 0.1) is 0 Å². The van der Waals surface area contributed by atoms with Crippen LogP contribution in [0.15, 0.2) is 78.9 Å². The summed E-state index contributed by atoms with van der Waals surface area (Å²) in [6.45, 7) is 6.27. The van der Waals surface area contributed by atoms with Crippen LogP contribution in [0.25, 0.3) is 22.5 Å². The lowest BCUT2D eigenvalue weighted by Gasteiger charge is -2.33. The second-order valence-corrected chi connectivity index (χ2v) is 11.1. The van der Waals surface area contributed by atoms with Crippen LogP contribution < -0.4 is 0 Å². The number of aromatic nitrogens is 4. The molecule has 9 heteroatoms. The minimum absolute atomic E-state index is 0.0468. The molecule has 0 aliphatic rings. The summed E-state index contributed by atoms with van der Waals surface area (Å²) in [7, 11) is 0. The highest BCUT2D eigenvalue weighted by Gasteiger charge is 2.34. The molecule has 1 aromatic heterocycles. The fourth-order valence-corrected chi connectivity index (χ4v) is 5.28. The molecule has 0 fully saturated rings. The molecule has 0 radical (unpaired) electrons. The Morgan fingerprint density at radius 3 is 2.25 bits per heavy atom. The molecule has 1 amide bonds. The summed E-state index contributed by atoms with van der Waals surface area (Å²) < 4.78 is 5.45. The van der Waals surface area contributed by atoms with Gasteiger partial charge in [-0.25, -0.2) is 9.89 Å². The Morgan fingerprint density at radius 1 is 0.950 bits per heavy atom. The summed E-state index contributed by atoms with van der Waals surface area (Å²) in [5.74, 6) is 0.0256. The van der Waals surface area contributed by atoms with Crippen molar-refractivity contribution >= 4 is 34.5 Å². The molecule has 8 nitrogen and oxygen atoms in total. The van der Waals surface area contributed by atoms with Crippen molar-refractivity contribution in [3.63, 3.8) is 0 Å². The number of benzene rings is 3. The summed E-state index contributed by atoms with van der Waals surface area (Å²) in [6, 6.07) is 24.8. The Morgan fingerprint density at radius 2 is 1.62 bits per heavy atom. The van der Waals surface area contributed by atoms with Crippen molar-refractivity contribution < 1.29 is 14.3 Å². The zero-order valence-corrected chi connectivity index (χ0v) is 25.1. The number of H-pyrrole nitrogens is 1. The number of tetrazole rings is 1. The number of alkyl halides is 1. The number of rotatable bonds is 12. The molecule has 0 aliphatic carbocycles. The maximum absolute atomic E-state index is 13.5. The van der Waals surface area contributed by atoms with Crippen molar-refractivity contribution in [1.29, 1.82) is 0 Å². The van der Waals surface area contributed by atoms with E-state index in [0.29, 0.717) is 18.8 Å². The van der Waals surface area contributed by atoms with Crippen molar-refractivity contribution in [3.8, 4) is 22.5 Å². The van der Waals surface area contributed by atoms with E-state index < -0.39 is 16.1 Å². The van der Waals surface area contributed by atoms with Crippen LogP contribution in [0.4, 0.5) is 0 Å². The quantitative estimate of drug-likeness (QED) is 0.103. The number of aromatic amines is 1. The maximum atomic E-state index is 13.5. The predicted octanol–water partition coefficient (Wildman–Crippen LogP) is 6.75. The molecule has 0 bridgehead atoms. The number of carbonyl (C=O) groups is 2. The lowest BCUT2D eigenvalue weighted by atomic mass is 9.97. The highest BCUT2D eigenvalue weighted by atomic mass is 127. The summed E-state index contributed by atoms with van der Waals surface area (Å²) in [5, 5.41) is 14.3. The van der Waals surface area contributed by atoms with Crippen molar-refractivity contribution in [1.82, 2.24) is 25.5 Å². The fraction of sp³-hybridized carbons (Fsp3) is 0.323. The summed E-state index contributed by atoms with van der Waals surface area (Å²) >= 11 is 2.12. The monoisotopic (exact) mass is 651 g/mol. The van der Waals surface area contributed by atoms with Crippen molar-refractivity contribution in [2.45, 2.75) is 56.7 Å². The average Bonchev–Trinajstić information content (AvgIpc) is 3.51. The average molecular weight is 652 g/mol. The van der Waals surface area contributed by atoms with Gasteiger partial charge in [-0.3, -0.25) is 4.79 Å². The molecule has 4 rings (SSSR count). The van der Waals surface area contributed by atoms with Crippen molar-refractivity contribution in [3.05, 3.63) is 90.0 Å². The van der Waals surface area contributed by atoms with Gasteiger partial charge in [-0.2, -0.15) is 0 Å². The van der Waals surface area contributed by atoms with Gasteiger partial charge < -0.3 is 9.64 Å². The number of hydrogen-bond donors (Lipinski definition) is 1. The number of amides is 1. The number of ether oxygens (including phenoxy) is 1. The van der Waals surface area contributed by atoms with Crippen molar-refractivity contribution in [2.75, 3.05) is 0 Å². The standard InChI is InChI=1S/C31H34IN5O3/c1-4-5-15-27(38)37(28(21(2)3)31(39)40-29(32)24-11-7-6-8-12-24)20-22-16-18-23(19-17-22)25-13-9-10-14-26(25)30-33-35-36-34-30/h6-14,16-19,21,28-29H,4-5,15,20H2,1-3H3,(H,33,34,35,36). The second kappa shape index (κ2) is 14.2. The number of carbonyl (C=O) groups excluding carboxylic acids is 2. The zero-order valence-electron chi connectivity index (χ0n) is 23.0. The number of esters is 1. The molecule has 2 unspecified atom stereocenters. The lowest BCUT2D eigenvalue weighted by molar-refractivity contribution is -0.159. The van der Waals surface area contributed by atoms with Crippen LogP contribution in [0.2, 0.25) is 0 Å². The Hall–Kier alpha value is -3.60. The van der Waals surface area contributed by atoms with E-state index in [2.05, 4.69) is 50.1 Å². The van der Waals surface area contributed by atoms with Crippen molar-refractivity contribution in [2.24, 2.45) is 5.92 Å². The SMILES string of the molecule is CCCCC(=O)N(Cc1ccc(-c2ccccc2-c2nnn[nH]2)cc1)C(C(=O)OC(I)c1ccccc1)C(C)C. The zero-order chi connectivity index (χ0) is 28.5. The molecular weight excluding hydrogens is 617 g/mol. The third-order valence-electron chi connectivity index (χ3n) is 6.70. The van der Waals surface area contributed by atoms with Gasteiger partial charge in [0.2, 0.25) is 5.91 Å². The minimum Gasteiger partial charge on any atom is -0.445 e. The van der Waals surface area contributed by atoms with Gasteiger partial charge in [0.1, 0.15) is 6.04 Å². The normalized spacial score (nSPS) is 12.6. The first-order chi connectivity index (χ1) is 19.4. The van der Waals surface area contributed by atoms with E-state index in [1.165, 1.54) is 0 Å². The van der Waals surface area contributed by atoms with Crippen LogP contribution in [0.3, 0.4) is 0 Å². The van der Waals surface area contributed by atoms with Gasteiger partial charge in [-0.15, -0.1) is 5.10 Å². The van der Waals surface area contributed by atoms with Gasteiger partial charge in [-0.05, 0) is 62.0 Å². The molecule has 0 saturated carbocycles. The van der Waals surface area contributed by atoms with E-state index in [1.54, 1.807) is 4.90 Å². The Kier molecular flexibility index (Phi) is 10.4. The molecule has 0 spiro atoms. The minimum atomic E-state index is -0.704. The largest absolute Gasteiger partial charge is 0.445 e. The van der Waals surface area contributed by atoms with Gasteiger partial charge in [-0.1, -0.05) is 106 Å². The maximum Gasteiger partial charge on any atom is 0.330 e. The number of halogens is 1. The van der Waals surface area contributed by atoms with Crippen LogP contribution in [0, 0.1) is 5.92 Å². The topological polar surface area (TPSA) is 101 Å². The van der Waals surface area contributed by atoms with Gasteiger partial charge in [0.25, 0.3) is 0 Å². The fourth-order valence-electron chi connectivity index (χ4n) is 4.62. The van der Waals surface area contributed by atoms with Crippen LogP contribution >= 0.6 is 22.6 Å². The molecule has 0 saturated heterocycles. The van der Waals surface area contributed by atoms with E-state index in [1.807, 2.05) is 92.7 Å². The van der Waals surface area contributed by atoms with Gasteiger partial charge >= 0.3 is 5.97 Å². The molecule has 2 atom stereocenters. The van der Waals surface area contributed by atoms with Crippen LogP contribution in [0.1, 0.15) is 55.3 Å². The van der Waals surface area contributed by atoms with E-state index in [0.717, 1.165) is 40.7 Å². The Labute approximate surface area is 248 Å². The Balaban J connectivity index is 1.58. The molecule has 3 aromatic carbocycles. The third kappa shape index (κ3) is 7.32. The first kappa shape index (κ1) is 29.4. The molecule has 1 N–H and O–H groups in total. The summed E-state index contributed by atoms with van der Waals surface area (Å²) in [5.41, 5.74) is 4.71. The first-order valence-electron chi connectivity index (χ1n) is 13.5. The van der Waals surface area contributed by atoms with E-state index in [-0.39, 0.29) is 11.8 Å². The smallest absolute Gasteiger partial charge is 0.330 e. The Bertz CT molecular complexity index is 1380. The van der Waals surface area contributed by atoms with E-state index in [9.17, 15) is 9.59 Å². The molecule has 1 heterocycles. The number of hydrogen-bond acceptors (Lipinski definition) is 6. The molecular formula is C31H34IN5O3. The number of unbranched alkanes of at least 4 members (excludes halogenated alkanes) is 1. The lowest BCUT2D eigenvalue weighted by Crippen LogP contribution is -2.48. The molecule has 0 aliphatic heterocycles. The third-order valence-corrected chi connectivity index (χ3v) is 7.67. The molecule has 40 heavy (non-hydrogen) atoms. The second-order valence-electron chi connectivity index (χ2n) is 9.97. The van der Waals surface area contributed by atoms with E-state index in [4.69, 9.17) is 4.74 Å². The predicted molar refractivity (Wildman–Crippen MR) is 163 cm³/mol. The number of nitrogens with zero attached hydrogens (tertiary/aromatic N) is 4. The molecule has 4 aromatic rings. The highest BCUT2D eigenvalue weighted by molar-refractivity contribution is 14.1. The van der Waals surface area contributed by atoms with Crippen LogP contribution in [-0.4, -0.2) is 43.4 Å². The summed E-state index contributed by atoms with van der Waals surface area (Å²) in [4.78, 5) is 28.7.